The summed E-state index contributed by atoms with van der Waals surface area (Å²) in [4.78, 5) is 15.2. The van der Waals surface area contributed by atoms with Gasteiger partial charge in [-0.1, -0.05) is 26.8 Å². The summed E-state index contributed by atoms with van der Waals surface area (Å²) in [5.41, 5.74) is 0.123. The molecule has 0 aliphatic carbocycles. The van der Waals surface area contributed by atoms with Crippen LogP contribution in [0.25, 0.3) is 0 Å². The van der Waals surface area contributed by atoms with E-state index in [2.05, 4.69) is 31.0 Å². The highest BCUT2D eigenvalue weighted by Crippen LogP contribution is 2.29. The van der Waals surface area contributed by atoms with Crippen LogP contribution in [0.5, 0.6) is 0 Å². The van der Waals surface area contributed by atoms with Crippen molar-refractivity contribution >= 4 is 17.2 Å². The molecule has 0 saturated carbocycles. The normalized spacial score (nSPS) is 19.1. The van der Waals surface area contributed by atoms with Crippen LogP contribution in [0.3, 0.4) is 0 Å². The lowest BCUT2D eigenvalue weighted by Gasteiger charge is -2.30. The maximum atomic E-state index is 12.5. The van der Waals surface area contributed by atoms with E-state index in [0.29, 0.717) is 18.3 Å². The molecule has 1 aliphatic rings. The van der Waals surface area contributed by atoms with Crippen LogP contribution in [0.4, 0.5) is 0 Å². The lowest BCUT2D eigenvalue weighted by Crippen LogP contribution is -2.38. The predicted molar refractivity (Wildman–Crippen MR) is 89.7 cm³/mol. The number of carbonyl (C=O) groups excluding carboxylic acids is 1. The fourth-order valence-electron chi connectivity index (χ4n) is 2.88. The van der Waals surface area contributed by atoms with E-state index in [0.717, 1.165) is 30.7 Å². The molecular weight excluding hydrogens is 310 g/mol. The van der Waals surface area contributed by atoms with Crippen molar-refractivity contribution in [2.45, 2.75) is 46.0 Å². The fraction of sp³-hybridized carbons (Fsp3) is 0.588. The average molecular weight is 333 g/mol. The van der Waals surface area contributed by atoms with E-state index in [1.807, 2.05) is 22.4 Å². The van der Waals surface area contributed by atoms with Gasteiger partial charge in [0.05, 0.1) is 10.8 Å². The lowest BCUT2D eigenvalue weighted by molar-refractivity contribution is 0.0702. The molecule has 6 heteroatoms. The molecule has 1 amide bonds. The van der Waals surface area contributed by atoms with Crippen LogP contribution in [0, 0.1) is 5.41 Å². The molecule has 1 saturated heterocycles. The summed E-state index contributed by atoms with van der Waals surface area (Å²) in [5, 5.41) is 10.3. The highest BCUT2D eigenvalue weighted by Gasteiger charge is 2.29. The van der Waals surface area contributed by atoms with E-state index in [4.69, 9.17) is 4.42 Å². The monoisotopic (exact) mass is 333 g/mol. The summed E-state index contributed by atoms with van der Waals surface area (Å²) < 4.78 is 5.86. The molecular formula is C17H23N3O2S. The first-order valence-electron chi connectivity index (χ1n) is 8.07. The van der Waals surface area contributed by atoms with Crippen LogP contribution in [-0.2, 0) is 6.42 Å². The van der Waals surface area contributed by atoms with Crippen LogP contribution in [-0.4, -0.2) is 34.1 Å². The second-order valence-electron chi connectivity index (χ2n) is 7.34. The van der Waals surface area contributed by atoms with Gasteiger partial charge in [0.1, 0.15) is 0 Å². The third-order valence-electron chi connectivity index (χ3n) is 3.95. The quantitative estimate of drug-likeness (QED) is 0.858. The number of nitrogens with zero attached hydrogens (tertiary/aromatic N) is 3. The van der Waals surface area contributed by atoms with Gasteiger partial charge in [0.15, 0.2) is 0 Å². The molecule has 0 radical (unpaired) electrons. The highest BCUT2D eigenvalue weighted by atomic mass is 32.1. The van der Waals surface area contributed by atoms with Gasteiger partial charge in [0, 0.05) is 19.5 Å². The number of thiophene rings is 1. The zero-order valence-electron chi connectivity index (χ0n) is 13.9. The van der Waals surface area contributed by atoms with Gasteiger partial charge in [-0.3, -0.25) is 4.79 Å². The molecule has 5 nitrogen and oxygen atoms in total. The maximum absolute atomic E-state index is 12.5. The average Bonchev–Trinajstić information content (AvgIpc) is 3.16. The van der Waals surface area contributed by atoms with Gasteiger partial charge in [-0.2, -0.15) is 0 Å². The molecule has 2 aromatic heterocycles. The first-order valence-corrected chi connectivity index (χ1v) is 8.95. The van der Waals surface area contributed by atoms with Gasteiger partial charge >= 0.3 is 0 Å². The molecule has 1 aliphatic heterocycles. The number of rotatable bonds is 3. The molecule has 1 unspecified atom stereocenters. The Morgan fingerprint density at radius 2 is 2.26 bits per heavy atom. The lowest BCUT2D eigenvalue weighted by atomic mass is 9.92. The van der Waals surface area contributed by atoms with Gasteiger partial charge < -0.3 is 9.32 Å². The summed E-state index contributed by atoms with van der Waals surface area (Å²) in [7, 11) is 0. The summed E-state index contributed by atoms with van der Waals surface area (Å²) in [5.74, 6) is 1.62. The minimum absolute atomic E-state index is 0.110. The molecule has 1 atom stereocenters. The highest BCUT2D eigenvalue weighted by molar-refractivity contribution is 7.12. The van der Waals surface area contributed by atoms with E-state index in [1.54, 1.807) is 0 Å². The number of likely N-dealkylation sites (tertiary alicyclic amines) is 1. The van der Waals surface area contributed by atoms with Crippen LogP contribution in [0.1, 0.15) is 61.0 Å². The Morgan fingerprint density at radius 3 is 2.96 bits per heavy atom. The number of carbonyl (C=O) groups is 1. The topological polar surface area (TPSA) is 59.2 Å². The van der Waals surface area contributed by atoms with Crippen molar-refractivity contribution in [3.63, 3.8) is 0 Å². The molecule has 0 N–H and O–H groups in total. The number of aromatic nitrogens is 2. The molecule has 3 heterocycles. The van der Waals surface area contributed by atoms with Crippen LogP contribution < -0.4 is 0 Å². The van der Waals surface area contributed by atoms with Crippen LogP contribution >= 0.6 is 11.3 Å². The molecule has 3 rings (SSSR count). The molecule has 1 fully saturated rings. The Morgan fingerprint density at radius 1 is 1.43 bits per heavy atom. The van der Waals surface area contributed by atoms with E-state index >= 15 is 0 Å². The molecule has 0 bridgehead atoms. The van der Waals surface area contributed by atoms with Crippen molar-refractivity contribution in [1.29, 1.82) is 0 Å². The third kappa shape index (κ3) is 3.99. The Labute approximate surface area is 140 Å². The maximum Gasteiger partial charge on any atom is 0.263 e. The summed E-state index contributed by atoms with van der Waals surface area (Å²) in [6.07, 6.45) is 2.73. The van der Waals surface area contributed by atoms with Gasteiger partial charge in [-0.05, 0) is 29.7 Å². The SMILES string of the molecule is CC(C)(C)Cc1nnc(C2CCCN(C(=O)c3cccs3)C2)o1. The second kappa shape index (κ2) is 6.43. The van der Waals surface area contributed by atoms with Crippen LogP contribution in [0.2, 0.25) is 0 Å². The van der Waals surface area contributed by atoms with Crippen molar-refractivity contribution in [2.75, 3.05) is 13.1 Å². The largest absolute Gasteiger partial charge is 0.425 e. The smallest absolute Gasteiger partial charge is 0.263 e. The van der Waals surface area contributed by atoms with E-state index in [9.17, 15) is 4.79 Å². The number of hydrogen-bond donors (Lipinski definition) is 0. The zero-order valence-corrected chi connectivity index (χ0v) is 14.7. The zero-order chi connectivity index (χ0) is 16.4. The molecule has 124 valence electrons. The molecule has 2 aromatic rings. The van der Waals surface area contributed by atoms with Crippen molar-refractivity contribution < 1.29 is 9.21 Å². The van der Waals surface area contributed by atoms with Crippen molar-refractivity contribution in [3.8, 4) is 0 Å². The summed E-state index contributed by atoms with van der Waals surface area (Å²) in [6, 6.07) is 3.79. The minimum atomic E-state index is 0.110. The Balaban J connectivity index is 1.68. The first kappa shape index (κ1) is 16.2. The molecule has 0 aromatic carbocycles. The second-order valence-corrected chi connectivity index (χ2v) is 8.29. The van der Waals surface area contributed by atoms with Gasteiger partial charge in [-0.25, -0.2) is 0 Å². The van der Waals surface area contributed by atoms with E-state index < -0.39 is 0 Å². The number of amides is 1. The van der Waals surface area contributed by atoms with Crippen molar-refractivity contribution in [3.05, 3.63) is 34.2 Å². The third-order valence-corrected chi connectivity index (χ3v) is 4.81. The minimum Gasteiger partial charge on any atom is -0.425 e. The Bertz CT molecular complexity index is 658. The van der Waals surface area contributed by atoms with Crippen molar-refractivity contribution in [2.24, 2.45) is 5.41 Å². The van der Waals surface area contributed by atoms with Gasteiger partial charge in [0.25, 0.3) is 5.91 Å². The van der Waals surface area contributed by atoms with Gasteiger partial charge in [-0.15, -0.1) is 21.5 Å². The summed E-state index contributed by atoms with van der Waals surface area (Å²) in [6.45, 7) is 7.92. The first-order chi connectivity index (χ1) is 10.9. The van der Waals surface area contributed by atoms with Gasteiger partial charge in [0.2, 0.25) is 11.8 Å². The fourth-order valence-corrected chi connectivity index (χ4v) is 3.57. The van der Waals surface area contributed by atoms with E-state index in [1.165, 1.54) is 11.3 Å². The van der Waals surface area contributed by atoms with Crippen molar-refractivity contribution in [1.82, 2.24) is 15.1 Å². The number of hydrogen-bond acceptors (Lipinski definition) is 5. The molecule has 0 spiro atoms. The van der Waals surface area contributed by atoms with E-state index in [-0.39, 0.29) is 17.2 Å². The Hall–Kier alpha value is -1.69. The van der Waals surface area contributed by atoms with Crippen LogP contribution in [0.15, 0.2) is 21.9 Å². The standard InChI is InChI=1S/C17H23N3O2S/c1-17(2,3)10-14-18-19-15(22-14)12-6-4-8-20(11-12)16(21)13-7-5-9-23-13/h5,7,9,12H,4,6,8,10-11H2,1-3H3. The Kier molecular flexibility index (Phi) is 4.53. The number of piperidine rings is 1. The summed E-state index contributed by atoms with van der Waals surface area (Å²) >= 11 is 1.49. The predicted octanol–water partition coefficient (Wildman–Crippen LogP) is 3.74. The molecule has 23 heavy (non-hydrogen) atoms.